The van der Waals surface area contributed by atoms with Crippen molar-refractivity contribution in [2.75, 3.05) is 44.2 Å². The van der Waals surface area contributed by atoms with Gasteiger partial charge in [-0.3, -0.25) is 9.78 Å². The summed E-state index contributed by atoms with van der Waals surface area (Å²) in [7, 11) is 0. The van der Waals surface area contributed by atoms with E-state index in [-0.39, 0.29) is 17.2 Å². The minimum atomic E-state index is 0.0289. The molecule has 1 saturated carbocycles. The van der Waals surface area contributed by atoms with Crippen LogP contribution in [0.3, 0.4) is 0 Å². The minimum absolute atomic E-state index is 0.0289. The fraction of sp³-hybridized carbons (Fsp3) is 0.465. The van der Waals surface area contributed by atoms with Crippen molar-refractivity contribution in [3.8, 4) is 11.5 Å². The Morgan fingerprint density at radius 3 is 2.51 bits per heavy atom. The lowest BCUT2D eigenvalue weighted by molar-refractivity contribution is -0.000746. The zero-order chi connectivity index (χ0) is 34.2. The lowest BCUT2D eigenvalue weighted by Gasteiger charge is -2.54. The van der Waals surface area contributed by atoms with E-state index in [0.717, 1.165) is 92.8 Å². The Bertz CT molecular complexity index is 1960. The molecule has 51 heavy (non-hydrogen) atoms. The zero-order valence-corrected chi connectivity index (χ0v) is 29.3. The van der Waals surface area contributed by atoms with E-state index in [1.165, 1.54) is 54.5 Å². The number of fused-ring (bicyclic) bond motifs is 4. The normalized spacial score (nSPS) is 24.8. The highest BCUT2D eigenvalue weighted by atomic mass is 16.5. The molecule has 6 aliphatic rings. The number of nitrogens with one attached hydrogen (secondary N) is 1. The average molecular weight is 682 g/mol. The first-order valence-corrected chi connectivity index (χ1v) is 19.2. The monoisotopic (exact) mass is 681 g/mol. The third-order valence-electron chi connectivity index (χ3n) is 13.7. The molecule has 4 aromatic rings. The summed E-state index contributed by atoms with van der Waals surface area (Å²) in [6.07, 6.45) is 13.5. The number of piperidine rings is 2. The molecule has 3 fully saturated rings. The molecular formula is C43H47N5O3. The number of likely N-dealkylation sites (tertiary alicyclic amines) is 1. The zero-order valence-electron chi connectivity index (χ0n) is 29.3. The maximum Gasteiger partial charge on any atom is 0.252 e. The van der Waals surface area contributed by atoms with Crippen LogP contribution in [0.25, 0.3) is 0 Å². The second-order valence-electron chi connectivity index (χ2n) is 16.5. The molecule has 2 saturated heterocycles. The van der Waals surface area contributed by atoms with Crippen LogP contribution >= 0.6 is 0 Å². The van der Waals surface area contributed by atoms with Crippen molar-refractivity contribution in [2.24, 2.45) is 11.3 Å². The molecule has 0 radical (unpaired) electrons. The number of aromatic nitrogens is 2. The van der Waals surface area contributed by atoms with E-state index in [9.17, 15) is 9.90 Å². The first-order valence-electron chi connectivity index (χ1n) is 19.2. The van der Waals surface area contributed by atoms with Crippen molar-refractivity contribution < 1.29 is 14.6 Å². The summed E-state index contributed by atoms with van der Waals surface area (Å²) in [6.45, 7) is 6.98. The van der Waals surface area contributed by atoms with Crippen LogP contribution in [-0.4, -0.2) is 65.2 Å². The second kappa shape index (κ2) is 12.1. The number of amides is 1. The number of aryl methyl sites for hydroxylation is 1. The summed E-state index contributed by atoms with van der Waals surface area (Å²) in [6, 6.07) is 20.9. The highest BCUT2D eigenvalue weighted by molar-refractivity contribution is 5.99. The second-order valence-corrected chi connectivity index (χ2v) is 16.5. The standard InChI is InChI=1S/C43H47N5O3/c49-32-7-9-34-30(18-32)6-8-33(29-4-2-1-3-5-29)40(34)37-24-45-39(25-44-37)48-16-10-42(11-17-48)21-28(22-42)26-47-14-12-43(13-15-47)27-51-38-20-35-31(19-36(38)43)23-46-41(35)50/h1-5,7,9,18-20,24-25,28,33,40,49H,6,8,10-17,21-23,26-27H2,(H,46,50). The number of aromatic hydroxyl groups is 1. The van der Waals surface area contributed by atoms with Crippen molar-refractivity contribution in [2.45, 2.75) is 75.2 Å². The quantitative estimate of drug-likeness (QED) is 0.242. The predicted molar refractivity (Wildman–Crippen MR) is 197 cm³/mol. The van der Waals surface area contributed by atoms with Crippen LogP contribution in [0.5, 0.6) is 11.5 Å². The molecule has 2 unspecified atom stereocenters. The number of hydrogen-bond acceptors (Lipinski definition) is 7. The summed E-state index contributed by atoms with van der Waals surface area (Å²) in [5, 5.41) is 13.2. The van der Waals surface area contributed by atoms with E-state index in [1.807, 2.05) is 30.6 Å². The van der Waals surface area contributed by atoms with Gasteiger partial charge in [0, 0.05) is 48.6 Å². The van der Waals surface area contributed by atoms with Crippen molar-refractivity contribution >= 4 is 11.7 Å². The average Bonchev–Trinajstić information content (AvgIpc) is 3.70. The third-order valence-corrected chi connectivity index (χ3v) is 13.7. The molecule has 1 aromatic heterocycles. The molecule has 2 aliphatic carbocycles. The Kier molecular flexibility index (Phi) is 7.42. The number of rotatable bonds is 5. The summed E-state index contributed by atoms with van der Waals surface area (Å²) >= 11 is 0. The van der Waals surface area contributed by atoms with E-state index < -0.39 is 0 Å². The highest BCUT2D eigenvalue weighted by Crippen LogP contribution is 2.54. The molecule has 1 amide bonds. The predicted octanol–water partition coefficient (Wildman–Crippen LogP) is 6.71. The molecule has 262 valence electrons. The summed E-state index contributed by atoms with van der Waals surface area (Å²) in [5.41, 5.74) is 8.69. The first-order chi connectivity index (χ1) is 24.9. The molecule has 8 nitrogen and oxygen atoms in total. The van der Waals surface area contributed by atoms with E-state index in [1.54, 1.807) is 0 Å². The fourth-order valence-electron chi connectivity index (χ4n) is 10.8. The van der Waals surface area contributed by atoms with Gasteiger partial charge in [-0.15, -0.1) is 0 Å². The van der Waals surface area contributed by atoms with Crippen molar-refractivity contribution in [3.63, 3.8) is 0 Å². The van der Waals surface area contributed by atoms with E-state index in [2.05, 4.69) is 57.6 Å². The first kappa shape index (κ1) is 31.3. The number of carbonyl (C=O) groups is 1. The molecule has 2 N–H and O–H groups in total. The van der Waals surface area contributed by atoms with Crippen LogP contribution in [0, 0.1) is 11.3 Å². The van der Waals surface area contributed by atoms with Crippen molar-refractivity contribution in [1.29, 1.82) is 0 Å². The van der Waals surface area contributed by atoms with Crippen LogP contribution in [0.15, 0.2) is 73.1 Å². The Balaban J connectivity index is 0.746. The molecule has 8 heteroatoms. The molecule has 5 heterocycles. The fourth-order valence-corrected chi connectivity index (χ4v) is 10.8. The van der Waals surface area contributed by atoms with Crippen molar-refractivity contribution in [1.82, 2.24) is 20.2 Å². The Labute approximate surface area is 300 Å². The molecular weight excluding hydrogens is 635 g/mol. The Hall–Kier alpha value is -4.43. The van der Waals surface area contributed by atoms with E-state index >= 15 is 0 Å². The third kappa shape index (κ3) is 5.40. The number of benzene rings is 3. The van der Waals surface area contributed by atoms with Gasteiger partial charge in [0.15, 0.2) is 0 Å². The molecule has 0 bridgehead atoms. The maximum atomic E-state index is 12.2. The maximum absolute atomic E-state index is 12.2. The van der Waals surface area contributed by atoms with E-state index in [0.29, 0.717) is 23.6 Å². The smallest absolute Gasteiger partial charge is 0.252 e. The molecule has 2 atom stereocenters. The van der Waals surface area contributed by atoms with Gasteiger partial charge in [0.25, 0.3) is 5.91 Å². The van der Waals surface area contributed by atoms with Gasteiger partial charge in [-0.05, 0) is 128 Å². The lowest BCUT2D eigenvalue weighted by Crippen LogP contribution is -2.51. The topological polar surface area (TPSA) is 90.8 Å². The number of hydrogen-bond donors (Lipinski definition) is 2. The van der Waals surface area contributed by atoms with Crippen LogP contribution in [0.2, 0.25) is 0 Å². The van der Waals surface area contributed by atoms with Gasteiger partial charge in [0.1, 0.15) is 17.3 Å². The Morgan fingerprint density at radius 1 is 0.902 bits per heavy atom. The number of phenols is 1. The summed E-state index contributed by atoms with van der Waals surface area (Å²) in [5.74, 6) is 3.54. The van der Waals surface area contributed by atoms with Gasteiger partial charge in [-0.2, -0.15) is 0 Å². The number of phenolic OH excluding ortho intramolecular Hbond substituents is 1. The molecule has 3 aromatic carbocycles. The molecule has 4 aliphatic heterocycles. The van der Waals surface area contributed by atoms with Crippen LogP contribution in [0.4, 0.5) is 5.82 Å². The minimum Gasteiger partial charge on any atom is -0.508 e. The largest absolute Gasteiger partial charge is 0.508 e. The number of carbonyl (C=O) groups excluding carboxylic acids is 1. The van der Waals surface area contributed by atoms with Gasteiger partial charge in [-0.25, -0.2) is 4.98 Å². The highest BCUT2D eigenvalue weighted by Gasteiger charge is 2.48. The van der Waals surface area contributed by atoms with Crippen molar-refractivity contribution in [3.05, 3.63) is 112 Å². The van der Waals surface area contributed by atoms with Crippen LogP contribution in [0.1, 0.15) is 101 Å². The van der Waals surface area contributed by atoms with Crippen LogP contribution < -0.4 is 15.0 Å². The lowest BCUT2D eigenvalue weighted by atomic mass is 9.57. The summed E-state index contributed by atoms with van der Waals surface area (Å²) in [4.78, 5) is 27.4. The SMILES string of the molecule is O=C1NCc2cc3c(cc21)OCC31CCN(CC2CC3(CCN(c4cnc(C5c6ccc(O)cc6CCC5c5ccccc5)cn4)CC3)C2)CC1. The number of nitrogens with zero attached hydrogens (tertiary/aromatic N) is 4. The molecule has 2 spiro atoms. The van der Waals surface area contributed by atoms with E-state index in [4.69, 9.17) is 14.7 Å². The molecule has 10 rings (SSSR count). The number of ether oxygens (including phenoxy) is 1. The summed E-state index contributed by atoms with van der Waals surface area (Å²) < 4.78 is 6.18. The number of anilines is 1. The van der Waals surface area contributed by atoms with Gasteiger partial charge in [0.05, 0.1) is 24.7 Å². The van der Waals surface area contributed by atoms with Gasteiger partial charge < -0.3 is 25.0 Å². The van der Waals surface area contributed by atoms with Crippen LogP contribution in [-0.2, 0) is 18.4 Å². The van der Waals surface area contributed by atoms with Gasteiger partial charge in [0.2, 0.25) is 0 Å². The Morgan fingerprint density at radius 2 is 1.73 bits per heavy atom. The van der Waals surface area contributed by atoms with Gasteiger partial charge >= 0.3 is 0 Å². The van der Waals surface area contributed by atoms with Gasteiger partial charge in [-0.1, -0.05) is 36.4 Å².